The van der Waals surface area contributed by atoms with Crippen molar-refractivity contribution in [3.8, 4) is 10.8 Å². The highest BCUT2D eigenvalue weighted by Crippen LogP contribution is 2.29. The van der Waals surface area contributed by atoms with E-state index in [0.717, 1.165) is 23.5 Å². The highest BCUT2D eigenvalue weighted by Gasteiger charge is 2.10. The first-order chi connectivity index (χ1) is 6.77. The van der Waals surface area contributed by atoms with Gasteiger partial charge >= 0.3 is 0 Å². The molecule has 0 aliphatic rings. The number of para-hydroxylation sites is 1. The first-order valence-electron chi connectivity index (χ1n) is 3.85. The lowest BCUT2D eigenvalue weighted by Gasteiger charge is -2.04. The van der Waals surface area contributed by atoms with Crippen LogP contribution in [0.2, 0.25) is 0 Å². The summed E-state index contributed by atoms with van der Waals surface area (Å²) in [7, 11) is 0. The van der Waals surface area contributed by atoms with Gasteiger partial charge in [0.25, 0.3) is 0 Å². The van der Waals surface area contributed by atoms with Gasteiger partial charge in [0.15, 0.2) is 22.4 Å². The molecule has 0 aliphatic carbocycles. The van der Waals surface area contributed by atoms with Gasteiger partial charge in [-0.15, -0.1) is 0 Å². The predicted molar refractivity (Wildman–Crippen MR) is 49.6 cm³/mol. The lowest BCUT2D eigenvalue weighted by Crippen LogP contribution is -1.89. The average Bonchev–Trinajstić information content (AvgIpc) is 2.64. The lowest BCUT2D eigenvalue weighted by atomic mass is 10.3. The van der Waals surface area contributed by atoms with Crippen LogP contribution in [0.4, 0.5) is 8.78 Å². The molecule has 14 heavy (non-hydrogen) atoms. The quantitative estimate of drug-likeness (QED) is 0.737. The predicted octanol–water partition coefficient (Wildman–Crippen LogP) is 3.62. The molecule has 0 atom stereocenters. The van der Waals surface area contributed by atoms with E-state index < -0.39 is 11.6 Å². The molecule has 0 saturated carbocycles. The molecule has 2 rings (SSSR count). The Morgan fingerprint density at radius 1 is 1.14 bits per heavy atom. The maximum absolute atomic E-state index is 13.1. The van der Waals surface area contributed by atoms with Crippen molar-refractivity contribution in [3.05, 3.63) is 47.3 Å². The van der Waals surface area contributed by atoms with Crippen molar-refractivity contribution in [2.75, 3.05) is 0 Å². The summed E-state index contributed by atoms with van der Waals surface area (Å²) in [6.07, 6.45) is 0. The summed E-state index contributed by atoms with van der Waals surface area (Å²) in [6.45, 7) is 0. The minimum absolute atomic E-state index is 0.372. The Morgan fingerprint density at radius 2 is 1.86 bits per heavy atom. The molecule has 1 heterocycles. The Bertz CT molecular complexity index is 405. The van der Waals surface area contributed by atoms with Crippen LogP contribution in [0.3, 0.4) is 0 Å². The monoisotopic (exact) mass is 211 g/mol. The second-order valence-corrected chi connectivity index (χ2v) is 3.37. The van der Waals surface area contributed by atoms with Crippen LogP contribution in [-0.4, -0.2) is 0 Å². The third-order valence-electron chi connectivity index (χ3n) is 1.57. The second-order valence-electron chi connectivity index (χ2n) is 2.53. The number of rotatable bonds is 2. The van der Waals surface area contributed by atoms with Crippen LogP contribution in [-0.2, 0) is 0 Å². The fourth-order valence-electron chi connectivity index (χ4n) is 0.964. The summed E-state index contributed by atoms with van der Waals surface area (Å²) >= 11 is 1.15. The van der Waals surface area contributed by atoms with Crippen LogP contribution < -0.4 is 4.74 Å². The van der Waals surface area contributed by atoms with Crippen molar-refractivity contribution in [2.24, 2.45) is 0 Å². The fourth-order valence-corrected chi connectivity index (χ4v) is 1.48. The first-order valence-corrected chi connectivity index (χ1v) is 4.67. The summed E-state index contributed by atoms with van der Waals surface area (Å²) in [5, 5.41) is 3.17. The van der Waals surface area contributed by atoms with E-state index in [0.29, 0.717) is 5.06 Å². The zero-order valence-electron chi connectivity index (χ0n) is 6.96. The van der Waals surface area contributed by atoms with Gasteiger partial charge in [-0.3, -0.25) is 0 Å². The van der Waals surface area contributed by atoms with Gasteiger partial charge in [0, 0.05) is 5.38 Å². The molecule has 0 spiro atoms. The van der Waals surface area contributed by atoms with Gasteiger partial charge < -0.3 is 4.74 Å². The molecule has 0 unspecified atom stereocenters. The normalized spacial score (nSPS) is 10.1. The largest absolute Gasteiger partial charge is 0.440 e. The fraction of sp³-hybridized carbons (Fsp3) is 0. The molecule has 4 heteroatoms. The first kappa shape index (κ1) is 9.15. The van der Waals surface area contributed by atoms with E-state index in [9.17, 15) is 8.78 Å². The van der Waals surface area contributed by atoms with Crippen molar-refractivity contribution in [1.29, 1.82) is 0 Å². The van der Waals surface area contributed by atoms with Crippen molar-refractivity contribution >= 4 is 11.3 Å². The van der Waals surface area contributed by atoms with Gasteiger partial charge in [0.05, 0.1) is 0 Å². The Labute approximate surface area is 83.6 Å². The van der Waals surface area contributed by atoms with Gasteiger partial charge in [0.1, 0.15) is 0 Å². The molecule has 0 N–H and O–H groups in total. The lowest BCUT2D eigenvalue weighted by molar-refractivity contribution is 0.416. The number of ether oxygens (including phenoxy) is 1. The Kier molecular flexibility index (Phi) is 2.45. The highest BCUT2D eigenvalue weighted by atomic mass is 32.1. The van der Waals surface area contributed by atoms with Gasteiger partial charge in [-0.05, 0) is 24.3 Å². The molecule has 0 bridgehead atoms. The van der Waals surface area contributed by atoms with Crippen LogP contribution in [0.1, 0.15) is 0 Å². The third-order valence-corrected chi connectivity index (χ3v) is 2.24. The zero-order chi connectivity index (χ0) is 9.97. The van der Waals surface area contributed by atoms with Gasteiger partial charge in [-0.1, -0.05) is 17.4 Å². The van der Waals surface area contributed by atoms with Crippen molar-refractivity contribution in [1.82, 2.24) is 0 Å². The van der Waals surface area contributed by atoms with Crippen LogP contribution >= 0.6 is 11.3 Å². The highest BCUT2D eigenvalue weighted by molar-refractivity contribution is 7.11. The molecule has 1 aromatic heterocycles. The number of thiophene rings is 1. The molecule has 1 aromatic carbocycles. The molecule has 2 aromatic rings. The van der Waals surface area contributed by atoms with Gasteiger partial charge in [-0.25, -0.2) is 8.78 Å². The van der Waals surface area contributed by atoms with Gasteiger partial charge in [-0.2, -0.15) is 0 Å². The molecule has 1 nitrogen and oxygen atoms in total. The number of halogens is 2. The summed E-state index contributed by atoms with van der Waals surface area (Å²) in [5.74, 6) is -1.79. The summed E-state index contributed by atoms with van der Waals surface area (Å²) < 4.78 is 31.2. The standard InChI is InChI=1S/C10H5F2OS/c11-7-3-1-4-8(12)10(7)13-9-5-2-6-14-9/h1-5H. The second kappa shape index (κ2) is 3.75. The summed E-state index contributed by atoms with van der Waals surface area (Å²) in [6, 6.07) is 6.80. The summed E-state index contributed by atoms with van der Waals surface area (Å²) in [4.78, 5) is 0. The smallest absolute Gasteiger partial charge is 0.199 e. The molecular weight excluding hydrogens is 206 g/mol. The maximum Gasteiger partial charge on any atom is 0.199 e. The van der Waals surface area contributed by atoms with E-state index in [-0.39, 0.29) is 5.75 Å². The van der Waals surface area contributed by atoms with E-state index >= 15 is 0 Å². The minimum Gasteiger partial charge on any atom is -0.440 e. The zero-order valence-corrected chi connectivity index (χ0v) is 7.78. The van der Waals surface area contributed by atoms with Gasteiger partial charge in [0.2, 0.25) is 0 Å². The number of hydrogen-bond acceptors (Lipinski definition) is 2. The van der Waals surface area contributed by atoms with E-state index in [1.807, 2.05) is 0 Å². The van der Waals surface area contributed by atoms with Crippen LogP contribution in [0.5, 0.6) is 10.8 Å². The number of benzene rings is 1. The molecule has 0 fully saturated rings. The minimum atomic E-state index is -0.710. The Hall–Kier alpha value is -1.42. The summed E-state index contributed by atoms with van der Waals surface area (Å²) in [5.41, 5.74) is 0. The Morgan fingerprint density at radius 3 is 2.43 bits per heavy atom. The van der Waals surface area contributed by atoms with Crippen molar-refractivity contribution < 1.29 is 13.5 Å². The molecule has 71 valence electrons. The van der Waals surface area contributed by atoms with Crippen molar-refractivity contribution in [2.45, 2.75) is 0 Å². The van der Waals surface area contributed by atoms with Crippen LogP contribution in [0.25, 0.3) is 0 Å². The molecular formula is C10H5F2OS. The van der Waals surface area contributed by atoms with Crippen LogP contribution in [0, 0.1) is 17.0 Å². The molecule has 0 aliphatic heterocycles. The Balaban J connectivity index is 2.33. The SMILES string of the molecule is Fc1cccc(F)c1Oc1cc[c]s1. The maximum atomic E-state index is 13.1. The topological polar surface area (TPSA) is 9.23 Å². The van der Waals surface area contributed by atoms with E-state index in [4.69, 9.17) is 4.74 Å². The van der Waals surface area contributed by atoms with E-state index in [2.05, 4.69) is 5.38 Å². The van der Waals surface area contributed by atoms with Crippen LogP contribution in [0.15, 0.2) is 30.3 Å². The molecule has 1 radical (unpaired) electrons. The third kappa shape index (κ3) is 1.75. The van der Waals surface area contributed by atoms with Crippen molar-refractivity contribution in [3.63, 3.8) is 0 Å². The molecule has 0 amide bonds. The van der Waals surface area contributed by atoms with E-state index in [1.165, 1.54) is 6.07 Å². The molecule has 0 saturated heterocycles. The van der Waals surface area contributed by atoms with E-state index in [1.54, 1.807) is 12.1 Å². The average molecular weight is 211 g/mol. The number of hydrogen-bond donors (Lipinski definition) is 0.